The van der Waals surface area contributed by atoms with Gasteiger partial charge in [0.05, 0.1) is 17.1 Å². The third-order valence-corrected chi connectivity index (χ3v) is 2.62. The SMILES string of the molecule is COC(=O)c1ccc(OCCOC(C)=O)c(Br)c1. The van der Waals surface area contributed by atoms with E-state index >= 15 is 0 Å². The van der Waals surface area contributed by atoms with Crippen LogP contribution in [0.25, 0.3) is 0 Å². The Hall–Kier alpha value is -1.56. The van der Waals surface area contributed by atoms with Crippen molar-refractivity contribution in [2.45, 2.75) is 6.92 Å². The molecule has 0 atom stereocenters. The standard InChI is InChI=1S/C12H13BrO5/c1-8(14)17-5-6-18-11-4-3-9(7-10(11)13)12(15)16-2/h3-4,7H,5-6H2,1-2H3. The van der Waals surface area contributed by atoms with Crippen LogP contribution >= 0.6 is 15.9 Å². The summed E-state index contributed by atoms with van der Waals surface area (Å²) in [6, 6.07) is 4.84. The zero-order valence-corrected chi connectivity index (χ0v) is 11.7. The van der Waals surface area contributed by atoms with Crippen molar-refractivity contribution in [3.63, 3.8) is 0 Å². The van der Waals surface area contributed by atoms with Gasteiger partial charge in [0.2, 0.25) is 0 Å². The number of esters is 2. The van der Waals surface area contributed by atoms with Crippen LogP contribution in [0.15, 0.2) is 22.7 Å². The molecule has 0 spiro atoms. The maximum Gasteiger partial charge on any atom is 0.337 e. The summed E-state index contributed by atoms with van der Waals surface area (Å²) in [5.41, 5.74) is 0.428. The first-order chi connectivity index (χ1) is 8.54. The molecule has 0 heterocycles. The zero-order chi connectivity index (χ0) is 13.5. The molecule has 1 aromatic rings. The lowest BCUT2D eigenvalue weighted by molar-refractivity contribution is -0.141. The normalized spacial score (nSPS) is 9.72. The highest BCUT2D eigenvalue weighted by atomic mass is 79.9. The summed E-state index contributed by atoms with van der Waals surface area (Å²) in [4.78, 5) is 21.8. The quantitative estimate of drug-likeness (QED) is 0.615. The molecule has 0 saturated heterocycles. The lowest BCUT2D eigenvalue weighted by Gasteiger charge is -2.09. The monoisotopic (exact) mass is 316 g/mol. The maximum absolute atomic E-state index is 11.3. The van der Waals surface area contributed by atoms with Gasteiger partial charge < -0.3 is 14.2 Å². The number of hydrogen-bond donors (Lipinski definition) is 0. The van der Waals surface area contributed by atoms with Gasteiger partial charge in [0.15, 0.2) is 0 Å². The van der Waals surface area contributed by atoms with Crippen LogP contribution in [0.3, 0.4) is 0 Å². The minimum absolute atomic E-state index is 0.181. The van der Waals surface area contributed by atoms with Crippen molar-refractivity contribution in [3.8, 4) is 5.75 Å². The molecule has 0 N–H and O–H groups in total. The first-order valence-corrected chi connectivity index (χ1v) is 5.98. The van der Waals surface area contributed by atoms with Gasteiger partial charge in [-0.05, 0) is 34.1 Å². The summed E-state index contributed by atoms with van der Waals surface area (Å²) >= 11 is 3.29. The Morgan fingerprint density at radius 1 is 1.28 bits per heavy atom. The second-order valence-electron chi connectivity index (χ2n) is 3.33. The van der Waals surface area contributed by atoms with Crippen LogP contribution in [0, 0.1) is 0 Å². The molecule has 0 aliphatic carbocycles. The number of carbonyl (C=O) groups is 2. The number of carbonyl (C=O) groups excluding carboxylic acids is 2. The molecule has 0 unspecified atom stereocenters. The molecule has 0 aliphatic heterocycles. The van der Waals surface area contributed by atoms with Gasteiger partial charge in [-0.1, -0.05) is 0 Å². The van der Waals surface area contributed by atoms with E-state index in [1.54, 1.807) is 18.2 Å². The van der Waals surface area contributed by atoms with Crippen molar-refractivity contribution in [2.24, 2.45) is 0 Å². The Balaban J connectivity index is 2.57. The van der Waals surface area contributed by atoms with E-state index in [1.165, 1.54) is 14.0 Å². The van der Waals surface area contributed by atoms with Crippen LogP contribution in [-0.2, 0) is 14.3 Å². The molecule has 0 bridgehead atoms. The first-order valence-electron chi connectivity index (χ1n) is 5.18. The molecule has 0 saturated carbocycles. The minimum Gasteiger partial charge on any atom is -0.489 e. The number of ether oxygens (including phenoxy) is 3. The minimum atomic E-state index is -0.415. The van der Waals surface area contributed by atoms with Gasteiger partial charge >= 0.3 is 11.9 Å². The number of halogens is 1. The van der Waals surface area contributed by atoms with Crippen molar-refractivity contribution in [1.29, 1.82) is 0 Å². The Morgan fingerprint density at radius 2 is 2.00 bits per heavy atom. The van der Waals surface area contributed by atoms with Gasteiger partial charge in [-0.25, -0.2) is 4.79 Å². The number of benzene rings is 1. The molecule has 0 amide bonds. The maximum atomic E-state index is 11.3. The summed E-state index contributed by atoms with van der Waals surface area (Å²) in [5, 5.41) is 0. The molecule has 0 radical (unpaired) electrons. The average Bonchev–Trinajstić information content (AvgIpc) is 2.34. The van der Waals surface area contributed by atoms with Gasteiger partial charge in [0.25, 0.3) is 0 Å². The number of rotatable bonds is 5. The highest BCUT2D eigenvalue weighted by Crippen LogP contribution is 2.26. The van der Waals surface area contributed by atoms with Crippen LogP contribution < -0.4 is 4.74 Å². The van der Waals surface area contributed by atoms with E-state index in [9.17, 15) is 9.59 Å². The topological polar surface area (TPSA) is 61.8 Å². The van der Waals surface area contributed by atoms with E-state index in [1.807, 2.05) is 0 Å². The fourth-order valence-corrected chi connectivity index (χ4v) is 1.69. The van der Waals surface area contributed by atoms with Crippen LogP contribution in [0.2, 0.25) is 0 Å². The Morgan fingerprint density at radius 3 is 2.56 bits per heavy atom. The molecule has 18 heavy (non-hydrogen) atoms. The third kappa shape index (κ3) is 4.37. The Labute approximate surface area is 113 Å². The number of methoxy groups -OCH3 is 1. The van der Waals surface area contributed by atoms with Crippen LogP contribution in [0.1, 0.15) is 17.3 Å². The molecular formula is C12H13BrO5. The van der Waals surface area contributed by atoms with Gasteiger partial charge in [-0.3, -0.25) is 4.79 Å². The predicted molar refractivity (Wildman–Crippen MR) is 67.6 cm³/mol. The summed E-state index contributed by atoms with van der Waals surface area (Å²) in [5.74, 6) is -0.198. The molecule has 98 valence electrons. The lowest BCUT2D eigenvalue weighted by Crippen LogP contribution is -2.10. The van der Waals surface area contributed by atoms with E-state index < -0.39 is 5.97 Å². The van der Waals surface area contributed by atoms with Gasteiger partial charge in [0, 0.05) is 6.92 Å². The highest BCUT2D eigenvalue weighted by molar-refractivity contribution is 9.10. The predicted octanol–water partition coefficient (Wildman–Crippen LogP) is 2.18. The Bertz CT molecular complexity index is 444. The summed E-state index contributed by atoms with van der Waals surface area (Å²) < 4.78 is 15.3. The molecule has 0 aromatic heterocycles. The van der Waals surface area contributed by atoms with Gasteiger partial charge in [-0.15, -0.1) is 0 Å². The van der Waals surface area contributed by atoms with E-state index in [4.69, 9.17) is 9.47 Å². The lowest BCUT2D eigenvalue weighted by atomic mass is 10.2. The van der Waals surface area contributed by atoms with E-state index in [2.05, 4.69) is 20.7 Å². The highest BCUT2D eigenvalue weighted by Gasteiger charge is 2.09. The smallest absolute Gasteiger partial charge is 0.337 e. The van der Waals surface area contributed by atoms with Crippen LogP contribution in [0.4, 0.5) is 0 Å². The molecular weight excluding hydrogens is 304 g/mol. The van der Waals surface area contributed by atoms with Crippen molar-refractivity contribution < 1.29 is 23.8 Å². The molecule has 6 heteroatoms. The summed E-state index contributed by atoms with van der Waals surface area (Å²) in [6.07, 6.45) is 0. The van der Waals surface area contributed by atoms with Crippen LogP contribution in [0.5, 0.6) is 5.75 Å². The molecule has 1 aromatic carbocycles. The third-order valence-electron chi connectivity index (χ3n) is 2.00. The number of hydrogen-bond acceptors (Lipinski definition) is 5. The van der Waals surface area contributed by atoms with Gasteiger partial charge in [-0.2, -0.15) is 0 Å². The van der Waals surface area contributed by atoms with E-state index in [0.29, 0.717) is 15.8 Å². The summed E-state index contributed by atoms with van der Waals surface area (Å²) in [7, 11) is 1.32. The largest absolute Gasteiger partial charge is 0.489 e. The van der Waals surface area contributed by atoms with Gasteiger partial charge in [0.1, 0.15) is 19.0 Å². The summed E-state index contributed by atoms with van der Waals surface area (Å²) in [6.45, 7) is 1.76. The van der Waals surface area contributed by atoms with Crippen LogP contribution in [-0.4, -0.2) is 32.3 Å². The van der Waals surface area contributed by atoms with E-state index in [0.717, 1.165) is 0 Å². The Kier molecular flexibility index (Phi) is 5.64. The molecule has 1 rings (SSSR count). The molecule has 0 aliphatic rings. The second kappa shape index (κ2) is 7.00. The average molecular weight is 317 g/mol. The van der Waals surface area contributed by atoms with Crippen molar-refractivity contribution in [3.05, 3.63) is 28.2 Å². The fourth-order valence-electron chi connectivity index (χ4n) is 1.20. The second-order valence-corrected chi connectivity index (χ2v) is 4.18. The van der Waals surface area contributed by atoms with Crippen molar-refractivity contribution in [1.82, 2.24) is 0 Å². The zero-order valence-electron chi connectivity index (χ0n) is 10.1. The molecule has 5 nitrogen and oxygen atoms in total. The van der Waals surface area contributed by atoms with Crippen molar-refractivity contribution >= 4 is 27.9 Å². The molecule has 0 fully saturated rings. The first kappa shape index (κ1) is 14.5. The van der Waals surface area contributed by atoms with E-state index in [-0.39, 0.29) is 19.2 Å². The van der Waals surface area contributed by atoms with Crippen molar-refractivity contribution in [2.75, 3.05) is 20.3 Å². The fraction of sp³-hybridized carbons (Fsp3) is 0.333.